The van der Waals surface area contributed by atoms with Gasteiger partial charge in [-0.05, 0) is 71.9 Å². The van der Waals surface area contributed by atoms with Crippen molar-refractivity contribution in [2.24, 2.45) is 5.73 Å². The summed E-state index contributed by atoms with van der Waals surface area (Å²) < 4.78 is 11.7. The molecule has 0 saturated carbocycles. The van der Waals surface area contributed by atoms with Gasteiger partial charge in [-0.1, -0.05) is 0 Å². The monoisotopic (exact) mass is 305 g/mol. The van der Waals surface area contributed by atoms with Crippen LogP contribution in [0.3, 0.4) is 0 Å². The van der Waals surface area contributed by atoms with E-state index in [2.05, 4.69) is 46.2 Å². The fourth-order valence-electron chi connectivity index (χ4n) is 1.83. The van der Waals surface area contributed by atoms with Crippen LogP contribution in [0, 0.1) is 0 Å². The lowest BCUT2D eigenvalue weighted by molar-refractivity contribution is 0.252. The van der Waals surface area contributed by atoms with Crippen molar-refractivity contribution in [1.82, 2.24) is 0 Å². The second-order valence-corrected chi connectivity index (χ2v) is 16.8. The maximum Gasteiger partial charge on any atom is 0.183 e. The highest BCUT2D eigenvalue weighted by Crippen LogP contribution is 2.17. The van der Waals surface area contributed by atoms with E-state index in [1.165, 1.54) is 0 Å². The van der Waals surface area contributed by atoms with Gasteiger partial charge < -0.3 is 14.6 Å². The summed E-state index contributed by atoms with van der Waals surface area (Å²) in [5, 5.41) is 0. The molecule has 116 valence electrons. The molecule has 0 atom stereocenters. The van der Waals surface area contributed by atoms with Crippen LogP contribution in [0.2, 0.25) is 39.3 Å². The van der Waals surface area contributed by atoms with Gasteiger partial charge in [0.1, 0.15) is 0 Å². The highest BCUT2D eigenvalue weighted by Gasteiger charge is 2.20. The Bertz CT molecular complexity index is 221. The Hall–Kier alpha value is 0.314. The molecule has 0 unspecified atom stereocenters. The zero-order chi connectivity index (χ0) is 15.2. The highest BCUT2D eigenvalue weighted by atomic mass is 28.4. The summed E-state index contributed by atoms with van der Waals surface area (Å²) >= 11 is 0. The summed E-state index contributed by atoms with van der Waals surface area (Å²) in [7, 11) is -2.72. The Morgan fingerprint density at radius 2 is 1.11 bits per heavy atom. The van der Waals surface area contributed by atoms with E-state index in [4.69, 9.17) is 14.6 Å². The van der Waals surface area contributed by atoms with Crippen molar-refractivity contribution in [2.45, 2.75) is 77.4 Å². The van der Waals surface area contributed by atoms with E-state index in [-0.39, 0.29) is 5.54 Å². The Labute approximate surface area is 122 Å². The largest absolute Gasteiger partial charge is 0.418 e. The molecular weight excluding hydrogens is 270 g/mol. The van der Waals surface area contributed by atoms with Gasteiger partial charge in [0.2, 0.25) is 0 Å². The molecule has 0 aromatic carbocycles. The van der Waals surface area contributed by atoms with Gasteiger partial charge >= 0.3 is 0 Å². The van der Waals surface area contributed by atoms with Crippen LogP contribution in [-0.4, -0.2) is 35.4 Å². The van der Waals surface area contributed by atoms with E-state index in [9.17, 15) is 0 Å². The quantitative estimate of drug-likeness (QED) is 0.490. The van der Waals surface area contributed by atoms with Crippen LogP contribution in [0.4, 0.5) is 0 Å². The summed E-state index contributed by atoms with van der Waals surface area (Å²) in [6, 6.07) is 0. The second-order valence-electron chi connectivity index (χ2n) is 7.78. The second kappa shape index (κ2) is 7.93. The Morgan fingerprint density at radius 1 is 0.789 bits per heavy atom. The summed E-state index contributed by atoms with van der Waals surface area (Å²) in [6.45, 7) is 17.2. The zero-order valence-corrected chi connectivity index (χ0v) is 16.1. The first-order valence-electron chi connectivity index (χ1n) is 7.48. The summed E-state index contributed by atoms with van der Waals surface area (Å²) in [5.41, 5.74) is 6.25. The van der Waals surface area contributed by atoms with Gasteiger partial charge in [0, 0.05) is 18.8 Å². The van der Waals surface area contributed by atoms with E-state index < -0.39 is 16.6 Å². The first kappa shape index (κ1) is 19.3. The maximum atomic E-state index is 6.33. The van der Waals surface area contributed by atoms with E-state index >= 15 is 0 Å². The summed E-state index contributed by atoms with van der Waals surface area (Å²) in [4.78, 5) is 0. The lowest BCUT2D eigenvalue weighted by Gasteiger charge is -2.26. The molecule has 0 bridgehead atoms. The number of nitrogens with two attached hydrogens (primary N) is 1. The van der Waals surface area contributed by atoms with Crippen molar-refractivity contribution in [3.63, 3.8) is 0 Å². The topological polar surface area (TPSA) is 44.5 Å². The van der Waals surface area contributed by atoms with Gasteiger partial charge in [0.05, 0.1) is 0 Å². The lowest BCUT2D eigenvalue weighted by Crippen LogP contribution is -2.37. The molecule has 0 aliphatic rings. The molecule has 0 saturated heterocycles. The molecule has 0 aliphatic carbocycles. The predicted molar refractivity (Wildman–Crippen MR) is 89.7 cm³/mol. The third-order valence-electron chi connectivity index (χ3n) is 2.85. The van der Waals surface area contributed by atoms with E-state index in [1.807, 2.05) is 0 Å². The van der Waals surface area contributed by atoms with Gasteiger partial charge in [-0.15, -0.1) is 0 Å². The fraction of sp³-hybridized carbons (Fsp3) is 1.00. The molecule has 19 heavy (non-hydrogen) atoms. The number of hydrogen-bond acceptors (Lipinski definition) is 3. The van der Waals surface area contributed by atoms with E-state index in [0.29, 0.717) is 0 Å². The molecule has 0 fully saturated rings. The Morgan fingerprint density at radius 3 is 1.37 bits per heavy atom. The zero-order valence-electron chi connectivity index (χ0n) is 14.1. The minimum absolute atomic E-state index is 0.0778. The minimum atomic E-state index is -1.36. The van der Waals surface area contributed by atoms with Crippen LogP contribution in [0.25, 0.3) is 0 Å². The molecule has 0 radical (unpaired) electrons. The average molecular weight is 306 g/mol. The Kier molecular flexibility index (Phi) is 8.06. The normalized spacial score (nSPS) is 13.9. The van der Waals surface area contributed by atoms with Gasteiger partial charge in [-0.25, -0.2) is 0 Å². The van der Waals surface area contributed by atoms with Crippen LogP contribution in [0.15, 0.2) is 0 Å². The van der Waals surface area contributed by atoms with Crippen LogP contribution < -0.4 is 5.73 Å². The molecule has 2 N–H and O–H groups in total. The van der Waals surface area contributed by atoms with Gasteiger partial charge in [0.15, 0.2) is 16.6 Å². The first-order chi connectivity index (χ1) is 8.41. The summed E-state index contributed by atoms with van der Waals surface area (Å²) in [6.07, 6.45) is 4.19. The molecular formula is C14H35NO2Si2. The van der Waals surface area contributed by atoms with Crippen molar-refractivity contribution in [3.8, 4) is 0 Å². The molecule has 0 heterocycles. The predicted octanol–water partition coefficient (Wildman–Crippen LogP) is 3.97. The van der Waals surface area contributed by atoms with Gasteiger partial charge in [-0.3, -0.25) is 0 Å². The first-order valence-corrected chi connectivity index (χ1v) is 14.3. The summed E-state index contributed by atoms with van der Waals surface area (Å²) in [5.74, 6) is 0. The van der Waals surface area contributed by atoms with Crippen molar-refractivity contribution in [2.75, 3.05) is 13.2 Å². The maximum absolute atomic E-state index is 6.33. The van der Waals surface area contributed by atoms with Crippen LogP contribution >= 0.6 is 0 Å². The third-order valence-corrected chi connectivity index (χ3v) is 4.99. The molecule has 3 nitrogen and oxygen atoms in total. The molecule has 5 heteroatoms. The SMILES string of the molecule is CC(N)(CCCO[Si](C)(C)C)CCCO[Si](C)(C)C. The van der Waals surface area contributed by atoms with E-state index in [0.717, 1.165) is 38.9 Å². The van der Waals surface area contributed by atoms with Crippen LogP contribution in [-0.2, 0) is 8.85 Å². The van der Waals surface area contributed by atoms with Crippen LogP contribution in [0.1, 0.15) is 32.6 Å². The molecule has 0 rings (SSSR count). The molecule has 0 aromatic heterocycles. The van der Waals surface area contributed by atoms with Crippen molar-refractivity contribution in [3.05, 3.63) is 0 Å². The lowest BCUT2D eigenvalue weighted by atomic mass is 9.92. The number of hydrogen-bond donors (Lipinski definition) is 1. The molecule has 0 aromatic rings. The molecule has 0 aliphatic heterocycles. The Balaban J connectivity index is 3.69. The van der Waals surface area contributed by atoms with E-state index in [1.54, 1.807) is 0 Å². The van der Waals surface area contributed by atoms with Gasteiger partial charge in [-0.2, -0.15) is 0 Å². The van der Waals surface area contributed by atoms with Crippen molar-refractivity contribution >= 4 is 16.6 Å². The standard InChI is InChI=1S/C14H35NO2Si2/c1-14(15,10-8-12-16-18(2,3)4)11-9-13-17-19(5,6)7/h8-13,15H2,1-7H3. The van der Waals surface area contributed by atoms with Gasteiger partial charge in [0.25, 0.3) is 0 Å². The highest BCUT2D eigenvalue weighted by molar-refractivity contribution is 6.70. The van der Waals surface area contributed by atoms with Crippen molar-refractivity contribution < 1.29 is 8.85 Å². The molecule has 0 amide bonds. The van der Waals surface area contributed by atoms with Crippen LogP contribution in [0.5, 0.6) is 0 Å². The number of rotatable bonds is 10. The third kappa shape index (κ3) is 14.5. The average Bonchev–Trinajstić information content (AvgIpc) is 2.17. The minimum Gasteiger partial charge on any atom is -0.418 e. The van der Waals surface area contributed by atoms with Crippen molar-refractivity contribution in [1.29, 1.82) is 0 Å². The fourth-order valence-corrected chi connectivity index (χ4v) is 3.35. The smallest absolute Gasteiger partial charge is 0.183 e. The molecule has 0 spiro atoms.